The Labute approximate surface area is 50.3 Å². The van der Waals surface area contributed by atoms with Crippen molar-refractivity contribution >= 4 is 27.6 Å². The molecule has 2 nitrogen and oxygen atoms in total. The van der Waals surface area contributed by atoms with E-state index >= 15 is 0 Å². The molecular weight excluding hydrogens is 140 g/mol. The monoisotopic (exact) mass is 152 g/mol. The second-order valence-electron chi connectivity index (χ2n) is 1.78. The zero-order valence-electron chi connectivity index (χ0n) is 5.01. The molecular formula is C2H12O2Si3. The number of hydrogen-bond donors (Lipinski definition) is 1. The van der Waals surface area contributed by atoms with Crippen LogP contribution in [-0.2, 0) is 4.12 Å². The summed E-state index contributed by atoms with van der Waals surface area (Å²) in [5.41, 5.74) is 0. The van der Waals surface area contributed by atoms with Crippen LogP contribution < -0.4 is 0 Å². The Morgan fingerprint density at radius 3 is 2.00 bits per heavy atom. The van der Waals surface area contributed by atoms with Crippen LogP contribution in [0.25, 0.3) is 0 Å². The molecule has 0 rings (SSSR count). The van der Waals surface area contributed by atoms with Crippen LogP contribution in [0.2, 0.25) is 13.1 Å². The van der Waals surface area contributed by atoms with Crippen molar-refractivity contribution in [2.75, 3.05) is 0 Å². The molecule has 0 aliphatic carbocycles. The lowest BCUT2D eigenvalue weighted by molar-refractivity contribution is 0.451. The molecule has 0 spiro atoms. The van der Waals surface area contributed by atoms with Gasteiger partial charge in [-0.3, -0.25) is 0 Å². The van der Waals surface area contributed by atoms with E-state index in [0.29, 0.717) is 0 Å². The summed E-state index contributed by atoms with van der Waals surface area (Å²) in [4.78, 5) is 8.74. The number of rotatable bonds is 2. The van der Waals surface area contributed by atoms with Gasteiger partial charge in [0, 0.05) is 0 Å². The van der Waals surface area contributed by atoms with Gasteiger partial charge in [-0.25, -0.2) is 0 Å². The van der Waals surface area contributed by atoms with Crippen LogP contribution >= 0.6 is 0 Å². The standard InChI is InChI=1S/C2H12O2Si3/c1-6(2)4-7(3)5/h3,6-7H,1-2,5H3. The highest BCUT2D eigenvalue weighted by molar-refractivity contribution is 6.97. The fourth-order valence-corrected chi connectivity index (χ4v) is 8.44. The van der Waals surface area contributed by atoms with Crippen LogP contribution in [0, 0.1) is 0 Å². The summed E-state index contributed by atoms with van der Waals surface area (Å²) in [6, 6.07) is 0. The van der Waals surface area contributed by atoms with E-state index in [1.807, 2.05) is 0 Å². The lowest BCUT2D eigenvalue weighted by Gasteiger charge is -2.06. The first-order valence-electron chi connectivity index (χ1n) is 2.46. The van der Waals surface area contributed by atoms with Gasteiger partial charge in [0.25, 0.3) is 8.80 Å². The lowest BCUT2D eigenvalue weighted by Crippen LogP contribution is -2.24. The van der Waals surface area contributed by atoms with Gasteiger partial charge in [0.05, 0.1) is 9.76 Å². The maximum Gasteiger partial charge on any atom is 0.275 e. The fraction of sp³-hybridized carbons (Fsp3) is 1.00. The van der Waals surface area contributed by atoms with Gasteiger partial charge in [0.1, 0.15) is 0 Å². The zero-order valence-corrected chi connectivity index (χ0v) is 9.32. The van der Waals surface area contributed by atoms with E-state index in [-0.39, 0.29) is 0 Å². The molecule has 0 aromatic heterocycles. The van der Waals surface area contributed by atoms with Crippen molar-refractivity contribution in [1.29, 1.82) is 0 Å². The van der Waals surface area contributed by atoms with Crippen LogP contribution in [-0.4, -0.2) is 32.4 Å². The number of hydrogen-bond acceptors (Lipinski definition) is 2. The Bertz CT molecular complexity index is 40.2. The maximum absolute atomic E-state index is 8.74. The minimum absolute atomic E-state index is 0.874. The van der Waals surface area contributed by atoms with Gasteiger partial charge in [-0.1, -0.05) is 0 Å². The molecule has 0 amide bonds. The molecule has 0 aliphatic rings. The van der Waals surface area contributed by atoms with Crippen LogP contribution in [0.5, 0.6) is 0 Å². The van der Waals surface area contributed by atoms with Crippen molar-refractivity contribution in [3.05, 3.63) is 0 Å². The van der Waals surface area contributed by atoms with Gasteiger partial charge < -0.3 is 8.91 Å². The predicted octanol–water partition coefficient (Wildman–Crippen LogP) is -1.94. The summed E-state index contributed by atoms with van der Waals surface area (Å²) in [7, 11) is -1.54. The maximum atomic E-state index is 8.74. The highest BCUT2D eigenvalue weighted by atomic mass is 29.2. The van der Waals surface area contributed by atoms with Gasteiger partial charge in [-0.05, 0) is 13.1 Å². The highest BCUT2D eigenvalue weighted by Gasteiger charge is 2.00. The molecule has 0 bridgehead atoms. The molecule has 0 saturated heterocycles. The van der Waals surface area contributed by atoms with Crippen molar-refractivity contribution in [3.8, 4) is 0 Å². The molecule has 44 valence electrons. The van der Waals surface area contributed by atoms with Crippen molar-refractivity contribution < 1.29 is 8.91 Å². The van der Waals surface area contributed by atoms with Crippen LogP contribution in [0.1, 0.15) is 0 Å². The summed E-state index contributed by atoms with van der Waals surface area (Å²) in [6.07, 6.45) is 0. The third-order valence-electron chi connectivity index (χ3n) is 0.469. The molecule has 0 aliphatic heterocycles. The van der Waals surface area contributed by atoms with Crippen molar-refractivity contribution in [2.45, 2.75) is 13.1 Å². The largest absolute Gasteiger partial charge is 0.444 e. The summed E-state index contributed by atoms with van der Waals surface area (Å²) in [5.74, 6) is 0. The third-order valence-corrected chi connectivity index (χ3v) is 6.67. The van der Waals surface area contributed by atoms with E-state index in [9.17, 15) is 0 Å². The molecule has 0 aromatic carbocycles. The Morgan fingerprint density at radius 1 is 1.57 bits per heavy atom. The molecule has 1 N–H and O–H groups in total. The molecule has 0 heterocycles. The van der Waals surface area contributed by atoms with Crippen molar-refractivity contribution in [2.24, 2.45) is 0 Å². The summed E-state index contributed by atoms with van der Waals surface area (Å²) < 4.78 is 5.15. The van der Waals surface area contributed by atoms with E-state index in [4.69, 9.17) is 8.91 Å². The van der Waals surface area contributed by atoms with Gasteiger partial charge in [0.2, 0.25) is 0 Å². The van der Waals surface area contributed by atoms with Gasteiger partial charge in [-0.2, -0.15) is 0 Å². The van der Waals surface area contributed by atoms with E-state index in [0.717, 1.165) is 9.76 Å². The average molecular weight is 152 g/mol. The van der Waals surface area contributed by atoms with Crippen LogP contribution in [0.3, 0.4) is 0 Å². The quantitative estimate of drug-likeness (QED) is 0.467. The average Bonchev–Trinajstić information content (AvgIpc) is 1.27. The normalized spacial score (nSPS) is 15.4. The van der Waals surface area contributed by atoms with E-state index in [2.05, 4.69) is 13.1 Å². The van der Waals surface area contributed by atoms with Crippen LogP contribution in [0.15, 0.2) is 0 Å². The van der Waals surface area contributed by atoms with Crippen molar-refractivity contribution in [1.82, 2.24) is 0 Å². The van der Waals surface area contributed by atoms with E-state index in [1.165, 1.54) is 0 Å². The Kier molecular flexibility index (Phi) is 3.85. The zero-order chi connectivity index (χ0) is 5.86. The topological polar surface area (TPSA) is 29.5 Å². The van der Waals surface area contributed by atoms with Gasteiger partial charge in [-0.15, -0.1) is 0 Å². The summed E-state index contributed by atoms with van der Waals surface area (Å²) in [5, 5.41) is 0. The van der Waals surface area contributed by atoms with Crippen LogP contribution in [0.4, 0.5) is 0 Å². The molecule has 0 aromatic rings. The SMILES string of the molecule is C[SiH](C)O[SiH](O)[SiH3]. The first-order valence-corrected chi connectivity index (χ1v) is 10.8. The summed E-state index contributed by atoms with van der Waals surface area (Å²) in [6.45, 7) is 4.16. The fourth-order valence-electron chi connectivity index (χ4n) is 0.394. The van der Waals surface area contributed by atoms with E-state index < -0.39 is 17.8 Å². The van der Waals surface area contributed by atoms with Crippen molar-refractivity contribution in [3.63, 3.8) is 0 Å². The molecule has 0 fully saturated rings. The summed E-state index contributed by atoms with van der Waals surface area (Å²) >= 11 is 0. The smallest absolute Gasteiger partial charge is 0.275 e. The predicted molar refractivity (Wildman–Crippen MR) is 39.3 cm³/mol. The Balaban J connectivity index is 2.95. The second-order valence-corrected chi connectivity index (χ2v) is 9.13. The first-order chi connectivity index (χ1) is 3.13. The van der Waals surface area contributed by atoms with E-state index in [1.54, 1.807) is 0 Å². The van der Waals surface area contributed by atoms with Gasteiger partial charge >= 0.3 is 0 Å². The molecule has 0 saturated carbocycles. The molecule has 5 heteroatoms. The third kappa shape index (κ3) is 6.57. The highest BCUT2D eigenvalue weighted by Crippen LogP contribution is 1.81. The molecule has 1 unspecified atom stereocenters. The first kappa shape index (κ1) is 7.57. The molecule has 7 heavy (non-hydrogen) atoms. The molecule has 0 radical (unpaired) electrons. The Hall–Kier alpha value is 0.571. The van der Waals surface area contributed by atoms with Gasteiger partial charge in [0.15, 0.2) is 9.04 Å². The Morgan fingerprint density at radius 2 is 2.00 bits per heavy atom. The lowest BCUT2D eigenvalue weighted by atomic mass is 11.9. The second kappa shape index (κ2) is 3.56. The minimum atomic E-state index is -1.53. The minimum Gasteiger partial charge on any atom is -0.444 e. The molecule has 1 atom stereocenters.